The standard InChI is InChI=1S/C8H10N4OS/c1-4-5(2)14-8-10-7(9-6(3)13)11-12(4)8/h1-3H3,(H,9,11,13). The molecule has 0 aliphatic heterocycles. The monoisotopic (exact) mass is 210 g/mol. The fourth-order valence-corrected chi connectivity index (χ4v) is 2.06. The Labute approximate surface area is 84.8 Å². The molecule has 14 heavy (non-hydrogen) atoms. The average Bonchev–Trinajstić information content (AvgIpc) is 2.54. The maximum atomic E-state index is 10.8. The lowest BCUT2D eigenvalue weighted by Gasteiger charge is -1.92. The van der Waals surface area contributed by atoms with Gasteiger partial charge in [0.1, 0.15) is 0 Å². The Bertz CT molecular complexity index is 499. The van der Waals surface area contributed by atoms with E-state index in [1.54, 1.807) is 15.9 Å². The smallest absolute Gasteiger partial charge is 0.250 e. The van der Waals surface area contributed by atoms with Crippen LogP contribution in [0, 0.1) is 13.8 Å². The Morgan fingerprint density at radius 1 is 1.50 bits per heavy atom. The summed E-state index contributed by atoms with van der Waals surface area (Å²) in [5, 5.41) is 6.71. The number of amides is 1. The highest BCUT2D eigenvalue weighted by molar-refractivity contribution is 7.17. The third-order valence-electron chi connectivity index (χ3n) is 1.94. The molecule has 0 saturated heterocycles. The molecule has 2 rings (SSSR count). The number of anilines is 1. The minimum Gasteiger partial charge on any atom is -0.293 e. The van der Waals surface area contributed by atoms with Gasteiger partial charge in [-0.25, -0.2) is 4.52 Å². The first-order valence-electron chi connectivity index (χ1n) is 4.18. The number of aryl methyl sites for hydroxylation is 2. The van der Waals surface area contributed by atoms with Gasteiger partial charge >= 0.3 is 0 Å². The van der Waals surface area contributed by atoms with Crippen LogP contribution >= 0.6 is 11.3 Å². The largest absolute Gasteiger partial charge is 0.293 e. The average molecular weight is 210 g/mol. The number of rotatable bonds is 1. The molecule has 2 aromatic rings. The van der Waals surface area contributed by atoms with Crippen molar-refractivity contribution in [2.75, 3.05) is 5.32 Å². The Balaban J connectivity index is 2.48. The van der Waals surface area contributed by atoms with Gasteiger partial charge in [0.2, 0.25) is 16.8 Å². The van der Waals surface area contributed by atoms with Gasteiger partial charge in [-0.1, -0.05) is 11.3 Å². The predicted octanol–water partition coefficient (Wildman–Crippen LogP) is 1.37. The lowest BCUT2D eigenvalue weighted by Crippen LogP contribution is -2.07. The van der Waals surface area contributed by atoms with Crippen molar-refractivity contribution in [2.45, 2.75) is 20.8 Å². The summed E-state index contributed by atoms with van der Waals surface area (Å²) in [6, 6.07) is 0. The maximum absolute atomic E-state index is 10.8. The van der Waals surface area contributed by atoms with E-state index in [-0.39, 0.29) is 5.91 Å². The van der Waals surface area contributed by atoms with Gasteiger partial charge in [-0.3, -0.25) is 10.1 Å². The van der Waals surface area contributed by atoms with Crippen LogP contribution in [0.15, 0.2) is 0 Å². The van der Waals surface area contributed by atoms with Crippen molar-refractivity contribution in [3.05, 3.63) is 10.6 Å². The number of nitrogens with one attached hydrogen (secondary N) is 1. The Kier molecular flexibility index (Phi) is 1.99. The first-order valence-corrected chi connectivity index (χ1v) is 5.00. The topological polar surface area (TPSA) is 59.3 Å². The Hall–Kier alpha value is -1.43. The van der Waals surface area contributed by atoms with Crippen molar-refractivity contribution in [1.82, 2.24) is 14.6 Å². The molecule has 74 valence electrons. The molecule has 6 heteroatoms. The summed E-state index contributed by atoms with van der Waals surface area (Å²) >= 11 is 1.56. The molecule has 0 fully saturated rings. The summed E-state index contributed by atoms with van der Waals surface area (Å²) in [4.78, 5) is 16.9. The number of hydrogen-bond acceptors (Lipinski definition) is 4. The number of nitrogens with zero attached hydrogens (tertiary/aromatic N) is 3. The third kappa shape index (κ3) is 1.37. The van der Waals surface area contributed by atoms with Gasteiger partial charge in [-0.15, -0.1) is 5.10 Å². The molecular formula is C8H10N4OS. The van der Waals surface area contributed by atoms with Gasteiger partial charge in [0.25, 0.3) is 0 Å². The fourth-order valence-electron chi connectivity index (χ4n) is 1.15. The summed E-state index contributed by atoms with van der Waals surface area (Å²) in [5.41, 5.74) is 1.06. The summed E-state index contributed by atoms with van der Waals surface area (Å²) in [6.07, 6.45) is 0. The zero-order chi connectivity index (χ0) is 10.3. The molecule has 2 aromatic heterocycles. The number of fused-ring (bicyclic) bond motifs is 1. The molecule has 0 radical (unpaired) electrons. The molecule has 0 aromatic carbocycles. The van der Waals surface area contributed by atoms with Crippen LogP contribution in [-0.4, -0.2) is 20.5 Å². The van der Waals surface area contributed by atoms with E-state index in [1.165, 1.54) is 11.8 Å². The van der Waals surface area contributed by atoms with E-state index >= 15 is 0 Å². The molecule has 5 nitrogen and oxygen atoms in total. The fraction of sp³-hybridized carbons (Fsp3) is 0.375. The van der Waals surface area contributed by atoms with Crippen molar-refractivity contribution in [3.63, 3.8) is 0 Å². The van der Waals surface area contributed by atoms with Crippen LogP contribution in [-0.2, 0) is 4.79 Å². The summed E-state index contributed by atoms with van der Waals surface area (Å²) in [6.45, 7) is 5.44. The molecule has 2 heterocycles. The van der Waals surface area contributed by atoms with Crippen LogP contribution in [0.2, 0.25) is 0 Å². The van der Waals surface area contributed by atoms with Crippen LogP contribution in [0.4, 0.5) is 5.95 Å². The zero-order valence-corrected chi connectivity index (χ0v) is 8.97. The van der Waals surface area contributed by atoms with E-state index < -0.39 is 0 Å². The first kappa shape index (κ1) is 9.14. The highest BCUT2D eigenvalue weighted by Crippen LogP contribution is 2.20. The van der Waals surface area contributed by atoms with Crippen molar-refractivity contribution < 1.29 is 4.79 Å². The van der Waals surface area contributed by atoms with E-state index in [0.717, 1.165) is 10.7 Å². The second-order valence-electron chi connectivity index (χ2n) is 3.05. The molecule has 0 aliphatic rings. The van der Waals surface area contributed by atoms with E-state index in [4.69, 9.17) is 0 Å². The SMILES string of the molecule is CC(=O)Nc1nc2sc(C)c(C)n2n1. The van der Waals surface area contributed by atoms with Crippen molar-refractivity contribution in [3.8, 4) is 0 Å². The number of thiazole rings is 1. The maximum Gasteiger partial charge on any atom is 0.250 e. The molecule has 0 saturated carbocycles. The van der Waals surface area contributed by atoms with Crippen LogP contribution < -0.4 is 5.32 Å². The first-order chi connectivity index (χ1) is 6.58. The molecule has 0 spiro atoms. The van der Waals surface area contributed by atoms with Crippen LogP contribution in [0.5, 0.6) is 0 Å². The zero-order valence-electron chi connectivity index (χ0n) is 8.16. The van der Waals surface area contributed by atoms with E-state index in [2.05, 4.69) is 15.4 Å². The minimum atomic E-state index is -0.155. The second kappa shape index (κ2) is 3.06. The number of aromatic nitrogens is 3. The van der Waals surface area contributed by atoms with Crippen molar-refractivity contribution in [1.29, 1.82) is 0 Å². The quantitative estimate of drug-likeness (QED) is 0.773. The Morgan fingerprint density at radius 2 is 2.21 bits per heavy atom. The Morgan fingerprint density at radius 3 is 2.79 bits per heavy atom. The van der Waals surface area contributed by atoms with Gasteiger partial charge in [0.05, 0.1) is 5.69 Å². The highest BCUT2D eigenvalue weighted by Gasteiger charge is 2.10. The van der Waals surface area contributed by atoms with E-state index in [0.29, 0.717) is 5.95 Å². The van der Waals surface area contributed by atoms with Crippen LogP contribution in [0.25, 0.3) is 4.96 Å². The lowest BCUT2D eigenvalue weighted by atomic mass is 10.4. The second-order valence-corrected chi connectivity index (χ2v) is 4.24. The van der Waals surface area contributed by atoms with Crippen LogP contribution in [0.1, 0.15) is 17.5 Å². The van der Waals surface area contributed by atoms with Gasteiger partial charge in [-0.05, 0) is 13.8 Å². The molecule has 1 N–H and O–H groups in total. The lowest BCUT2D eigenvalue weighted by molar-refractivity contribution is -0.114. The number of carbonyl (C=O) groups is 1. The normalized spacial score (nSPS) is 10.8. The molecule has 0 aliphatic carbocycles. The minimum absolute atomic E-state index is 0.155. The summed E-state index contributed by atoms with van der Waals surface area (Å²) in [7, 11) is 0. The van der Waals surface area contributed by atoms with Crippen molar-refractivity contribution >= 4 is 28.2 Å². The predicted molar refractivity (Wildman–Crippen MR) is 54.6 cm³/mol. The molecule has 0 atom stereocenters. The number of hydrogen-bond donors (Lipinski definition) is 1. The summed E-state index contributed by atoms with van der Waals surface area (Å²) < 4.78 is 1.74. The third-order valence-corrected chi connectivity index (χ3v) is 2.99. The highest BCUT2D eigenvalue weighted by atomic mass is 32.1. The van der Waals surface area contributed by atoms with Crippen molar-refractivity contribution in [2.24, 2.45) is 0 Å². The molecule has 0 unspecified atom stereocenters. The van der Waals surface area contributed by atoms with E-state index in [1.807, 2.05) is 13.8 Å². The number of carbonyl (C=O) groups excluding carboxylic acids is 1. The molecular weight excluding hydrogens is 200 g/mol. The molecule has 0 bridgehead atoms. The van der Waals surface area contributed by atoms with Gasteiger partial charge < -0.3 is 0 Å². The van der Waals surface area contributed by atoms with Gasteiger partial charge in [-0.2, -0.15) is 4.98 Å². The molecule has 1 amide bonds. The van der Waals surface area contributed by atoms with Gasteiger partial charge in [0, 0.05) is 11.8 Å². The van der Waals surface area contributed by atoms with E-state index in [9.17, 15) is 4.79 Å². The summed E-state index contributed by atoms with van der Waals surface area (Å²) in [5.74, 6) is 0.212. The van der Waals surface area contributed by atoms with Gasteiger partial charge in [0.15, 0.2) is 0 Å². The van der Waals surface area contributed by atoms with Crippen LogP contribution in [0.3, 0.4) is 0 Å².